The molecule has 3 rings (SSSR count). The Kier molecular flexibility index (Phi) is 4.89. The Bertz CT molecular complexity index is 887. The normalized spacial score (nSPS) is 13.3. The van der Waals surface area contributed by atoms with Gasteiger partial charge < -0.3 is 5.32 Å². The molecule has 0 saturated carbocycles. The van der Waals surface area contributed by atoms with Crippen LogP contribution in [-0.4, -0.2) is 29.2 Å². The topological polar surface area (TPSA) is 66.5 Å². The minimum absolute atomic E-state index is 0.0663. The van der Waals surface area contributed by atoms with Crippen molar-refractivity contribution in [2.45, 2.75) is 33.1 Å². The van der Waals surface area contributed by atoms with Crippen molar-refractivity contribution in [3.05, 3.63) is 64.7 Å². The summed E-state index contributed by atoms with van der Waals surface area (Å²) < 4.78 is 0. The lowest BCUT2D eigenvalue weighted by Gasteiger charge is -2.16. The summed E-state index contributed by atoms with van der Waals surface area (Å²) in [6, 6.07) is 12.8. The number of carbonyl (C=O) groups excluding carboxylic acids is 3. The summed E-state index contributed by atoms with van der Waals surface area (Å²) in [6.45, 7) is 6.07. The van der Waals surface area contributed by atoms with Crippen molar-refractivity contribution in [1.82, 2.24) is 4.90 Å². The number of nitrogens with one attached hydrogen (secondary N) is 1. The standard InChI is InChI=1S/C21H22N2O3/c1-13(2)15-6-4-5-7-18(15)22-19(24)10-11-23-20(25)16-9-8-14(3)12-17(16)21(23)26/h4-9,12-13H,10-11H2,1-3H3,(H,22,24). The van der Waals surface area contributed by atoms with E-state index >= 15 is 0 Å². The van der Waals surface area contributed by atoms with Crippen LogP contribution in [-0.2, 0) is 4.79 Å². The Hall–Kier alpha value is -2.95. The van der Waals surface area contributed by atoms with E-state index in [4.69, 9.17) is 0 Å². The van der Waals surface area contributed by atoms with Gasteiger partial charge in [0.05, 0.1) is 11.1 Å². The van der Waals surface area contributed by atoms with Gasteiger partial charge in [0.25, 0.3) is 11.8 Å². The van der Waals surface area contributed by atoms with Crippen molar-refractivity contribution < 1.29 is 14.4 Å². The fraction of sp³-hybridized carbons (Fsp3) is 0.286. The van der Waals surface area contributed by atoms with Gasteiger partial charge in [0.15, 0.2) is 0 Å². The second kappa shape index (κ2) is 7.12. The van der Waals surface area contributed by atoms with Gasteiger partial charge in [-0.2, -0.15) is 0 Å². The molecule has 1 aliphatic rings. The Morgan fingerprint density at radius 3 is 2.46 bits per heavy atom. The van der Waals surface area contributed by atoms with Gasteiger partial charge in [-0.1, -0.05) is 43.7 Å². The van der Waals surface area contributed by atoms with Gasteiger partial charge in [0.2, 0.25) is 5.91 Å². The molecule has 2 aromatic carbocycles. The first-order valence-corrected chi connectivity index (χ1v) is 8.74. The molecule has 134 valence electrons. The molecule has 1 aliphatic heterocycles. The Morgan fingerprint density at radius 1 is 1.04 bits per heavy atom. The molecular weight excluding hydrogens is 328 g/mol. The number of para-hydroxylation sites is 1. The summed E-state index contributed by atoms with van der Waals surface area (Å²) >= 11 is 0. The molecule has 0 fully saturated rings. The first-order chi connectivity index (χ1) is 12.4. The number of aryl methyl sites for hydroxylation is 1. The van der Waals surface area contributed by atoms with Crippen molar-refractivity contribution >= 4 is 23.4 Å². The van der Waals surface area contributed by atoms with Crippen LogP contribution >= 0.6 is 0 Å². The van der Waals surface area contributed by atoms with Gasteiger partial charge in [-0.15, -0.1) is 0 Å². The van der Waals surface area contributed by atoms with Gasteiger partial charge in [0, 0.05) is 18.7 Å². The lowest BCUT2D eigenvalue weighted by atomic mass is 10.0. The van der Waals surface area contributed by atoms with Crippen LogP contribution in [0.3, 0.4) is 0 Å². The summed E-state index contributed by atoms with van der Waals surface area (Å²) in [5.74, 6) is -0.596. The van der Waals surface area contributed by atoms with Crippen LogP contribution in [0.15, 0.2) is 42.5 Å². The number of hydrogen-bond donors (Lipinski definition) is 1. The van der Waals surface area contributed by atoms with Gasteiger partial charge in [0.1, 0.15) is 0 Å². The van der Waals surface area contributed by atoms with E-state index in [-0.39, 0.29) is 36.6 Å². The summed E-state index contributed by atoms with van der Waals surface area (Å²) in [5.41, 5.74) is 3.57. The van der Waals surface area contributed by atoms with E-state index in [0.717, 1.165) is 21.7 Å². The van der Waals surface area contributed by atoms with Crippen LogP contribution in [0.5, 0.6) is 0 Å². The van der Waals surface area contributed by atoms with Crippen LogP contribution in [0, 0.1) is 6.92 Å². The number of benzene rings is 2. The SMILES string of the molecule is Cc1ccc2c(c1)C(=O)N(CCC(=O)Nc1ccccc1C(C)C)C2=O. The van der Waals surface area contributed by atoms with E-state index in [9.17, 15) is 14.4 Å². The van der Waals surface area contributed by atoms with E-state index in [1.54, 1.807) is 12.1 Å². The zero-order valence-corrected chi connectivity index (χ0v) is 15.2. The fourth-order valence-electron chi connectivity index (χ4n) is 3.15. The molecule has 1 heterocycles. The van der Waals surface area contributed by atoms with Crippen LogP contribution in [0.4, 0.5) is 5.69 Å². The van der Waals surface area contributed by atoms with Crippen molar-refractivity contribution in [3.8, 4) is 0 Å². The van der Waals surface area contributed by atoms with Crippen LogP contribution < -0.4 is 5.32 Å². The molecule has 5 heteroatoms. The summed E-state index contributed by atoms with van der Waals surface area (Å²) in [7, 11) is 0. The molecule has 0 aromatic heterocycles. The number of hydrogen-bond acceptors (Lipinski definition) is 3. The number of imide groups is 1. The molecule has 1 N–H and O–H groups in total. The summed E-state index contributed by atoms with van der Waals surface area (Å²) in [5, 5.41) is 2.89. The first kappa shape index (κ1) is 17.9. The van der Waals surface area contributed by atoms with Crippen molar-refractivity contribution in [2.75, 3.05) is 11.9 Å². The molecule has 0 aliphatic carbocycles. The molecule has 5 nitrogen and oxygen atoms in total. The van der Waals surface area contributed by atoms with Gasteiger partial charge in [-0.05, 0) is 36.6 Å². The average molecular weight is 350 g/mol. The summed E-state index contributed by atoms with van der Waals surface area (Å²) in [6.07, 6.45) is 0.0663. The Balaban J connectivity index is 1.66. The molecule has 0 atom stereocenters. The molecule has 0 bridgehead atoms. The highest BCUT2D eigenvalue weighted by Crippen LogP contribution is 2.25. The molecular formula is C21H22N2O3. The maximum Gasteiger partial charge on any atom is 0.261 e. The number of nitrogens with zero attached hydrogens (tertiary/aromatic N) is 1. The van der Waals surface area contributed by atoms with E-state index in [1.807, 2.05) is 37.3 Å². The van der Waals surface area contributed by atoms with Crippen molar-refractivity contribution in [1.29, 1.82) is 0 Å². The highest BCUT2D eigenvalue weighted by Gasteiger charge is 2.35. The molecule has 26 heavy (non-hydrogen) atoms. The largest absolute Gasteiger partial charge is 0.326 e. The minimum Gasteiger partial charge on any atom is -0.326 e. The number of anilines is 1. The molecule has 0 saturated heterocycles. The van der Waals surface area contributed by atoms with Gasteiger partial charge in [-0.3, -0.25) is 19.3 Å². The maximum atomic E-state index is 12.4. The first-order valence-electron chi connectivity index (χ1n) is 8.74. The van der Waals surface area contributed by atoms with Crippen LogP contribution in [0.2, 0.25) is 0 Å². The van der Waals surface area contributed by atoms with E-state index in [0.29, 0.717) is 11.1 Å². The lowest BCUT2D eigenvalue weighted by Crippen LogP contribution is -2.33. The predicted octanol–water partition coefficient (Wildman–Crippen LogP) is 3.74. The van der Waals surface area contributed by atoms with Crippen molar-refractivity contribution in [2.24, 2.45) is 0 Å². The Morgan fingerprint density at radius 2 is 1.73 bits per heavy atom. The molecule has 0 unspecified atom stereocenters. The second-order valence-electron chi connectivity index (χ2n) is 6.85. The second-order valence-corrected chi connectivity index (χ2v) is 6.85. The maximum absolute atomic E-state index is 12.4. The summed E-state index contributed by atoms with van der Waals surface area (Å²) in [4.78, 5) is 38.3. The third-order valence-corrected chi connectivity index (χ3v) is 4.55. The zero-order chi connectivity index (χ0) is 18.8. The average Bonchev–Trinajstić information content (AvgIpc) is 2.83. The monoisotopic (exact) mass is 350 g/mol. The number of rotatable bonds is 5. The van der Waals surface area contributed by atoms with Gasteiger partial charge in [-0.25, -0.2) is 0 Å². The van der Waals surface area contributed by atoms with Crippen LogP contribution in [0.1, 0.15) is 58.0 Å². The third-order valence-electron chi connectivity index (χ3n) is 4.55. The number of amides is 3. The zero-order valence-electron chi connectivity index (χ0n) is 15.2. The number of carbonyl (C=O) groups is 3. The molecule has 2 aromatic rings. The Labute approximate surface area is 153 Å². The van der Waals surface area contributed by atoms with Crippen LogP contribution in [0.25, 0.3) is 0 Å². The number of fused-ring (bicyclic) bond motifs is 1. The van der Waals surface area contributed by atoms with E-state index in [2.05, 4.69) is 19.2 Å². The van der Waals surface area contributed by atoms with Gasteiger partial charge >= 0.3 is 0 Å². The van der Waals surface area contributed by atoms with Crippen molar-refractivity contribution in [3.63, 3.8) is 0 Å². The predicted molar refractivity (Wildman–Crippen MR) is 100 cm³/mol. The molecule has 0 spiro atoms. The van der Waals surface area contributed by atoms with E-state index < -0.39 is 0 Å². The van der Waals surface area contributed by atoms with E-state index in [1.165, 1.54) is 0 Å². The quantitative estimate of drug-likeness (QED) is 0.835. The molecule has 3 amide bonds. The minimum atomic E-state index is -0.333. The highest BCUT2D eigenvalue weighted by molar-refractivity contribution is 6.21. The lowest BCUT2D eigenvalue weighted by molar-refractivity contribution is -0.116. The highest BCUT2D eigenvalue weighted by atomic mass is 16.2. The fourth-order valence-corrected chi connectivity index (χ4v) is 3.15. The smallest absolute Gasteiger partial charge is 0.261 e. The molecule has 0 radical (unpaired) electrons. The third kappa shape index (κ3) is 3.38.